The minimum absolute atomic E-state index is 0.191. The predicted molar refractivity (Wildman–Crippen MR) is 108 cm³/mol. The highest BCUT2D eigenvalue weighted by molar-refractivity contribution is 5.88. The monoisotopic (exact) mass is 377 g/mol. The third-order valence-corrected chi connectivity index (χ3v) is 4.57. The molecule has 0 heterocycles. The van der Waals surface area contributed by atoms with Crippen LogP contribution in [-0.2, 0) is 27.2 Å². The van der Waals surface area contributed by atoms with E-state index in [-0.39, 0.29) is 12.3 Å². The second-order valence-corrected chi connectivity index (χ2v) is 6.56. The Morgan fingerprint density at radius 1 is 0.893 bits per heavy atom. The lowest BCUT2D eigenvalue weighted by Gasteiger charge is -2.17. The lowest BCUT2D eigenvalue weighted by Crippen LogP contribution is -2.43. The van der Waals surface area contributed by atoms with Gasteiger partial charge in [-0.1, -0.05) is 54.6 Å². The van der Waals surface area contributed by atoms with Gasteiger partial charge in [-0.05, 0) is 34.0 Å². The topological polar surface area (TPSA) is 64.6 Å². The van der Waals surface area contributed by atoms with Crippen LogP contribution < -0.4 is 10.1 Å². The normalized spacial score (nSPS) is 11.6. The zero-order valence-corrected chi connectivity index (χ0v) is 16.0. The molecule has 3 aromatic carbocycles. The average Bonchev–Trinajstić information content (AvgIpc) is 2.72. The summed E-state index contributed by atoms with van der Waals surface area (Å²) in [4.78, 5) is 24.7. The van der Waals surface area contributed by atoms with E-state index in [1.54, 1.807) is 7.11 Å². The van der Waals surface area contributed by atoms with Gasteiger partial charge in [0.1, 0.15) is 11.8 Å². The maximum absolute atomic E-state index is 12.5. The molecule has 1 N–H and O–H groups in total. The van der Waals surface area contributed by atoms with Gasteiger partial charge in [-0.15, -0.1) is 0 Å². The Bertz CT molecular complexity index is 983. The molecule has 0 saturated heterocycles. The highest BCUT2D eigenvalue weighted by atomic mass is 16.5. The van der Waals surface area contributed by atoms with Crippen LogP contribution in [0.2, 0.25) is 0 Å². The molecule has 1 atom stereocenters. The van der Waals surface area contributed by atoms with E-state index in [0.29, 0.717) is 12.2 Å². The van der Waals surface area contributed by atoms with E-state index >= 15 is 0 Å². The number of nitrogens with one attached hydrogen (secondary N) is 1. The SMILES string of the molecule is COC(=O)[C@H](Cc1cccc(OC)c1)NC(=O)Cc1ccc2ccccc2c1. The Morgan fingerprint density at radius 2 is 1.68 bits per heavy atom. The number of fused-ring (bicyclic) bond motifs is 1. The Hall–Kier alpha value is -3.34. The predicted octanol–water partition coefficient (Wildman–Crippen LogP) is 3.29. The molecule has 5 nitrogen and oxygen atoms in total. The summed E-state index contributed by atoms with van der Waals surface area (Å²) < 4.78 is 10.1. The molecule has 0 aliphatic heterocycles. The molecule has 0 fully saturated rings. The fourth-order valence-corrected chi connectivity index (χ4v) is 3.15. The van der Waals surface area contributed by atoms with E-state index in [9.17, 15) is 9.59 Å². The van der Waals surface area contributed by atoms with Gasteiger partial charge in [0.05, 0.1) is 20.6 Å². The first kappa shape index (κ1) is 19.4. The number of hydrogen-bond acceptors (Lipinski definition) is 4. The van der Waals surface area contributed by atoms with Crippen molar-refractivity contribution in [1.82, 2.24) is 5.32 Å². The lowest BCUT2D eigenvalue weighted by atomic mass is 10.0. The first-order valence-electron chi connectivity index (χ1n) is 9.07. The van der Waals surface area contributed by atoms with E-state index in [4.69, 9.17) is 9.47 Å². The zero-order valence-electron chi connectivity index (χ0n) is 16.0. The second-order valence-electron chi connectivity index (χ2n) is 6.56. The molecule has 0 saturated carbocycles. The van der Waals surface area contributed by atoms with Crippen molar-refractivity contribution >= 4 is 22.6 Å². The Labute approximate surface area is 164 Å². The number of ether oxygens (including phenoxy) is 2. The lowest BCUT2D eigenvalue weighted by molar-refractivity contribution is -0.145. The maximum Gasteiger partial charge on any atom is 0.328 e. The Kier molecular flexibility index (Phi) is 6.27. The van der Waals surface area contributed by atoms with E-state index in [0.717, 1.165) is 21.9 Å². The summed E-state index contributed by atoms with van der Waals surface area (Å²) in [5.74, 6) is -0.00753. The number of benzene rings is 3. The molecule has 0 aliphatic rings. The van der Waals surface area contributed by atoms with Gasteiger partial charge >= 0.3 is 5.97 Å². The average molecular weight is 377 g/mol. The van der Waals surface area contributed by atoms with Crippen molar-refractivity contribution in [3.8, 4) is 5.75 Å². The van der Waals surface area contributed by atoms with Crippen LogP contribution in [0, 0.1) is 0 Å². The first-order chi connectivity index (χ1) is 13.6. The Balaban J connectivity index is 1.70. The minimum Gasteiger partial charge on any atom is -0.497 e. The van der Waals surface area contributed by atoms with Gasteiger partial charge in [-0.25, -0.2) is 4.79 Å². The molecule has 5 heteroatoms. The summed E-state index contributed by atoms with van der Waals surface area (Å²) >= 11 is 0. The van der Waals surface area contributed by atoms with E-state index < -0.39 is 12.0 Å². The van der Waals surface area contributed by atoms with Crippen LogP contribution in [0.25, 0.3) is 10.8 Å². The number of carbonyl (C=O) groups is 2. The fourth-order valence-electron chi connectivity index (χ4n) is 3.15. The molecule has 0 unspecified atom stereocenters. The molecule has 0 aromatic heterocycles. The van der Waals surface area contributed by atoms with Crippen molar-refractivity contribution in [2.75, 3.05) is 14.2 Å². The molecule has 144 valence electrons. The summed E-state index contributed by atoms with van der Waals surface area (Å²) in [5.41, 5.74) is 1.77. The van der Waals surface area contributed by atoms with Crippen molar-refractivity contribution < 1.29 is 19.1 Å². The molecule has 1 amide bonds. The number of methoxy groups -OCH3 is 2. The van der Waals surface area contributed by atoms with Crippen LogP contribution in [-0.4, -0.2) is 32.1 Å². The largest absolute Gasteiger partial charge is 0.497 e. The molecule has 28 heavy (non-hydrogen) atoms. The number of rotatable bonds is 7. The van der Waals surface area contributed by atoms with Gasteiger partial charge in [-0.2, -0.15) is 0 Å². The highest BCUT2D eigenvalue weighted by Gasteiger charge is 2.22. The zero-order chi connectivity index (χ0) is 19.9. The molecule has 0 bridgehead atoms. The summed E-state index contributed by atoms with van der Waals surface area (Å²) in [6, 6.07) is 20.5. The van der Waals surface area contributed by atoms with Crippen LogP contribution in [0.3, 0.4) is 0 Å². The molecule has 0 aliphatic carbocycles. The molecule has 3 aromatic rings. The number of amides is 1. The number of carbonyl (C=O) groups excluding carboxylic acids is 2. The van der Waals surface area contributed by atoms with Crippen molar-refractivity contribution in [1.29, 1.82) is 0 Å². The van der Waals surface area contributed by atoms with Gasteiger partial charge in [0.2, 0.25) is 5.91 Å². The van der Waals surface area contributed by atoms with Gasteiger partial charge in [0, 0.05) is 6.42 Å². The second kappa shape index (κ2) is 9.04. The first-order valence-corrected chi connectivity index (χ1v) is 9.07. The van der Waals surface area contributed by atoms with Crippen LogP contribution in [0.4, 0.5) is 0 Å². The van der Waals surface area contributed by atoms with Crippen molar-refractivity contribution in [2.45, 2.75) is 18.9 Å². The van der Waals surface area contributed by atoms with Gasteiger partial charge in [0.25, 0.3) is 0 Å². The van der Waals surface area contributed by atoms with Gasteiger partial charge < -0.3 is 14.8 Å². The third kappa shape index (κ3) is 4.88. The smallest absolute Gasteiger partial charge is 0.328 e. The van der Waals surface area contributed by atoms with Crippen molar-refractivity contribution in [3.05, 3.63) is 77.9 Å². The summed E-state index contributed by atoms with van der Waals surface area (Å²) in [6.07, 6.45) is 0.518. The van der Waals surface area contributed by atoms with Gasteiger partial charge in [-0.3, -0.25) is 4.79 Å². The molecular formula is C23H23NO4. The molecule has 0 radical (unpaired) electrons. The van der Waals surface area contributed by atoms with Crippen LogP contribution >= 0.6 is 0 Å². The van der Waals surface area contributed by atoms with Crippen LogP contribution in [0.5, 0.6) is 5.75 Å². The van der Waals surface area contributed by atoms with E-state index in [2.05, 4.69) is 5.32 Å². The van der Waals surface area contributed by atoms with Crippen molar-refractivity contribution in [2.24, 2.45) is 0 Å². The summed E-state index contributed by atoms with van der Waals surface area (Å²) in [6.45, 7) is 0. The number of hydrogen-bond donors (Lipinski definition) is 1. The standard InChI is InChI=1S/C23H23NO4/c1-27-20-9-5-6-16(13-20)14-21(23(26)28-2)24-22(25)15-17-10-11-18-7-3-4-8-19(18)12-17/h3-13,21H,14-15H2,1-2H3,(H,24,25)/t21-/m0/s1. The highest BCUT2D eigenvalue weighted by Crippen LogP contribution is 2.17. The molecule has 3 rings (SSSR count). The van der Waals surface area contributed by atoms with Crippen LogP contribution in [0.1, 0.15) is 11.1 Å². The van der Waals surface area contributed by atoms with Crippen LogP contribution in [0.15, 0.2) is 66.7 Å². The quantitative estimate of drug-likeness (QED) is 0.642. The fraction of sp³-hybridized carbons (Fsp3) is 0.217. The molecule has 0 spiro atoms. The minimum atomic E-state index is -0.759. The summed E-state index contributed by atoms with van der Waals surface area (Å²) in [5, 5.41) is 5.00. The van der Waals surface area contributed by atoms with E-state index in [1.807, 2.05) is 66.7 Å². The maximum atomic E-state index is 12.5. The van der Waals surface area contributed by atoms with Gasteiger partial charge in [0.15, 0.2) is 0 Å². The molecular weight excluding hydrogens is 354 g/mol. The Morgan fingerprint density at radius 3 is 2.43 bits per heavy atom. The third-order valence-electron chi connectivity index (χ3n) is 4.57. The van der Waals surface area contributed by atoms with E-state index in [1.165, 1.54) is 7.11 Å². The number of esters is 1. The van der Waals surface area contributed by atoms with Crippen molar-refractivity contribution in [3.63, 3.8) is 0 Å². The summed E-state index contributed by atoms with van der Waals surface area (Å²) in [7, 11) is 2.90.